The first-order chi connectivity index (χ1) is 59.1. The van der Waals surface area contributed by atoms with Crippen molar-refractivity contribution in [3.8, 4) is 17.2 Å². The van der Waals surface area contributed by atoms with Gasteiger partial charge in [-0.25, -0.2) is 28.8 Å². The first kappa shape index (κ1) is 87.2. The van der Waals surface area contributed by atoms with Gasteiger partial charge in [-0.2, -0.15) is 0 Å². The van der Waals surface area contributed by atoms with Crippen LogP contribution >= 0.6 is 21.4 Å². The molecule has 618 valence electrons. The molecular formula is C102H87O18P3. The maximum atomic E-state index is 15.5. The molecule has 0 N–H and O–H groups in total. The van der Waals surface area contributed by atoms with E-state index >= 15 is 28.1 Å². The van der Waals surface area contributed by atoms with E-state index in [1.54, 1.807) is 239 Å². The molecule has 0 atom stereocenters. The second kappa shape index (κ2) is 38.0. The summed E-state index contributed by atoms with van der Waals surface area (Å²) in [7, 11) is -12.2. The average Bonchev–Trinajstić information content (AvgIpc) is 0.744. The van der Waals surface area contributed by atoms with Crippen molar-refractivity contribution >= 4 is 106 Å². The van der Waals surface area contributed by atoms with Crippen LogP contribution in [-0.4, -0.2) is 52.4 Å². The van der Waals surface area contributed by atoms with Crippen LogP contribution in [0.2, 0.25) is 0 Å². The number of carbonyl (C=O) groups excluding carboxylic acids is 9. The molecule has 13 aromatic carbocycles. The van der Waals surface area contributed by atoms with Crippen LogP contribution < -0.4 is 46.0 Å². The van der Waals surface area contributed by atoms with Crippen LogP contribution in [0.15, 0.2) is 309 Å². The second-order valence-corrected chi connectivity index (χ2v) is 38.5. The Bertz CT molecular complexity index is 5960. The predicted octanol–water partition coefficient (Wildman–Crippen LogP) is 20.2. The Labute approximate surface area is 713 Å². The zero-order valence-electron chi connectivity index (χ0n) is 69.0. The summed E-state index contributed by atoms with van der Waals surface area (Å²) in [5.41, 5.74) is 1.29. The summed E-state index contributed by atoms with van der Waals surface area (Å²) in [5, 5.41) is 1.84. The Balaban J connectivity index is 0.738. The molecule has 0 radical (unpaired) electrons. The number of carbonyl (C=O) groups is 9. The second-order valence-electron chi connectivity index (χ2n) is 30.5. The van der Waals surface area contributed by atoms with Crippen molar-refractivity contribution in [3.63, 3.8) is 0 Å². The van der Waals surface area contributed by atoms with Gasteiger partial charge < -0.3 is 42.1 Å². The molecule has 18 nitrogen and oxygen atoms in total. The molecule has 13 aromatic rings. The fourth-order valence-corrected chi connectivity index (χ4v) is 22.0. The minimum Gasteiger partial charge on any atom is -0.457 e. The van der Waals surface area contributed by atoms with Gasteiger partial charge in [0.15, 0.2) is 0 Å². The predicted molar refractivity (Wildman–Crippen MR) is 476 cm³/mol. The van der Waals surface area contributed by atoms with Crippen molar-refractivity contribution in [2.45, 2.75) is 99.9 Å². The van der Waals surface area contributed by atoms with Crippen molar-refractivity contribution in [1.29, 1.82) is 0 Å². The van der Waals surface area contributed by atoms with Gasteiger partial charge in [0.1, 0.15) is 37.1 Å². The SMILES string of the molecule is Cc1ccc(C(C)C)c(C(=O)P(=O)(c2ccccc2)c2ccccc2)c1OC(=O)c1ccc(COC(=O)c2cc(C(=O)OCc3ccc(C(=O)Oc4c(C(C)C)ccc(C)c4C(=O)P(=O)(c4ccccc4)c4ccccc4)cc3)cc(C(=O)OCc3ccc(C(=O)Oc4c(C(C)C)ccc(C)c4C(=O)P(=O)(c4ccccc4)c4ccccc4)cc3)c2)cc1. The summed E-state index contributed by atoms with van der Waals surface area (Å²) in [6, 6.07) is 82.5. The lowest BCUT2D eigenvalue weighted by Crippen LogP contribution is -2.25. The summed E-state index contributed by atoms with van der Waals surface area (Å²) < 4.78 is 82.4. The van der Waals surface area contributed by atoms with Crippen LogP contribution in [0.1, 0.15) is 203 Å². The molecule has 0 heterocycles. The smallest absolute Gasteiger partial charge is 0.343 e. The number of benzene rings is 13. The molecule has 0 fully saturated rings. The Morgan fingerprint density at radius 3 is 0.724 bits per heavy atom. The van der Waals surface area contributed by atoms with Gasteiger partial charge in [-0.15, -0.1) is 0 Å². The topological polar surface area (TPSA) is 260 Å². The van der Waals surface area contributed by atoms with Gasteiger partial charge in [0.05, 0.1) is 50.1 Å². The molecule has 0 unspecified atom stereocenters. The third-order valence-corrected chi connectivity index (χ3v) is 29.7. The van der Waals surface area contributed by atoms with Gasteiger partial charge >= 0.3 is 35.8 Å². The van der Waals surface area contributed by atoms with E-state index in [9.17, 15) is 28.8 Å². The highest BCUT2D eigenvalue weighted by atomic mass is 31.2. The number of rotatable bonds is 30. The van der Waals surface area contributed by atoms with Crippen molar-refractivity contribution in [3.05, 3.63) is 410 Å². The number of aryl methyl sites for hydroxylation is 3. The van der Waals surface area contributed by atoms with Crippen LogP contribution in [-0.2, 0) is 47.7 Å². The van der Waals surface area contributed by atoms with Crippen LogP contribution in [0.5, 0.6) is 17.2 Å². The first-order valence-corrected chi connectivity index (χ1v) is 45.0. The van der Waals surface area contributed by atoms with E-state index in [0.29, 0.717) is 81.9 Å². The molecule has 0 spiro atoms. The third-order valence-electron chi connectivity index (χ3n) is 21.2. The van der Waals surface area contributed by atoms with E-state index in [2.05, 4.69) is 0 Å². The molecule has 0 bridgehead atoms. The van der Waals surface area contributed by atoms with Gasteiger partial charge in [0.2, 0.25) is 38.0 Å². The molecule has 123 heavy (non-hydrogen) atoms. The summed E-state index contributed by atoms with van der Waals surface area (Å²) in [4.78, 5) is 131. The van der Waals surface area contributed by atoms with E-state index in [1.807, 2.05) is 41.5 Å². The van der Waals surface area contributed by atoms with E-state index < -0.39 is 73.8 Å². The fraction of sp³-hybridized carbons (Fsp3) is 0.147. The number of hydrogen-bond acceptors (Lipinski definition) is 18. The van der Waals surface area contributed by atoms with Crippen molar-refractivity contribution < 1.29 is 85.3 Å². The van der Waals surface area contributed by atoms with Crippen LogP contribution in [0.3, 0.4) is 0 Å². The monoisotopic (exact) mass is 1690 g/mol. The van der Waals surface area contributed by atoms with Gasteiger partial charge in [-0.3, -0.25) is 14.4 Å². The molecule has 0 saturated carbocycles. The van der Waals surface area contributed by atoms with Gasteiger partial charge in [-0.05, 0) is 143 Å². The van der Waals surface area contributed by atoms with Gasteiger partial charge in [0.25, 0.3) is 0 Å². The van der Waals surface area contributed by atoms with Crippen LogP contribution in [0, 0.1) is 20.8 Å². The van der Waals surface area contributed by atoms with E-state index in [4.69, 9.17) is 28.4 Å². The van der Waals surface area contributed by atoms with Crippen molar-refractivity contribution in [2.24, 2.45) is 0 Å². The molecule has 0 aliphatic carbocycles. The number of hydrogen-bond donors (Lipinski definition) is 0. The number of ether oxygens (including phenoxy) is 6. The largest absolute Gasteiger partial charge is 0.457 e. The first-order valence-electron chi connectivity index (χ1n) is 39.9. The summed E-state index contributed by atoms with van der Waals surface area (Å²) in [6.45, 7) is 15.2. The molecule has 0 aliphatic rings. The van der Waals surface area contributed by atoms with E-state index in [1.165, 1.54) is 91.0 Å². The minimum atomic E-state index is -4.09. The highest BCUT2D eigenvalue weighted by Gasteiger charge is 2.44. The Hall–Kier alpha value is -13.6. The fourth-order valence-electron chi connectivity index (χ4n) is 14.4. The Morgan fingerprint density at radius 1 is 0.244 bits per heavy atom. The zero-order chi connectivity index (χ0) is 87.4. The number of esters is 6. The summed E-state index contributed by atoms with van der Waals surface area (Å²) >= 11 is 0. The molecule has 21 heteroatoms. The molecule has 0 amide bonds. The lowest BCUT2D eigenvalue weighted by Gasteiger charge is -2.23. The van der Waals surface area contributed by atoms with E-state index in [-0.39, 0.29) is 105 Å². The standard InChI is InChI=1S/C102H87O18P3/c1-64(2)85-55-42-69(9)91(90(85)102(111)123(114,83-36-24-14-25-37-83)84-38-26-15-27-39-84)118-97(106)73-49-43-70(44-50-73)61-115-94(103)76-58-77(95(104)116-62-71-45-51-74(52-46-71)98(107)119-92-86(65(3)4)56-40-67(7)88(92)100(109)121(112,79-28-16-10-17-29-79)80-30-18-11-19-31-80)60-78(59-76)96(105)117-63-72-47-53-75(54-48-72)99(108)120-93-87(66(5)6)57-41-68(8)89(93)101(110)122(113,81-32-20-12-21-33-81)82-34-22-13-23-35-82/h10-60,64-66H,61-63H2,1-9H3. The highest BCUT2D eigenvalue weighted by molar-refractivity contribution is 7.94. The van der Waals surface area contributed by atoms with Gasteiger partial charge in [0, 0.05) is 31.8 Å². The molecular weight excluding hydrogens is 1610 g/mol. The van der Waals surface area contributed by atoms with Crippen molar-refractivity contribution in [1.82, 2.24) is 0 Å². The quantitative estimate of drug-likeness (QED) is 0.0175. The lowest BCUT2D eigenvalue weighted by molar-refractivity contribution is 0.0463. The molecule has 0 saturated heterocycles. The van der Waals surface area contributed by atoms with Crippen molar-refractivity contribution in [2.75, 3.05) is 0 Å². The normalized spacial score (nSPS) is 11.5. The van der Waals surface area contributed by atoms with Crippen LogP contribution in [0.4, 0.5) is 0 Å². The summed E-state index contributed by atoms with van der Waals surface area (Å²) in [5.74, 6) is -6.41. The maximum Gasteiger partial charge on any atom is 0.343 e. The third kappa shape index (κ3) is 18.7. The summed E-state index contributed by atoms with van der Waals surface area (Å²) in [6.07, 6.45) is 0. The average molecular weight is 1690 g/mol. The Morgan fingerprint density at radius 2 is 0.472 bits per heavy atom. The van der Waals surface area contributed by atoms with Crippen LogP contribution in [0.25, 0.3) is 0 Å². The zero-order valence-corrected chi connectivity index (χ0v) is 71.7. The lowest BCUT2D eigenvalue weighted by atomic mass is 9.95. The molecule has 13 rings (SSSR count). The Kier molecular flexibility index (Phi) is 26.9. The van der Waals surface area contributed by atoms with E-state index in [0.717, 1.165) is 0 Å². The maximum absolute atomic E-state index is 15.5. The highest BCUT2D eigenvalue weighted by Crippen LogP contribution is 2.54. The minimum absolute atomic E-state index is 0.00222. The van der Waals surface area contributed by atoms with Gasteiger partial charge in [-0.1, -0.05) is 296 Å². The molecule has 0 aliphatic heterocycles. The molecule has 0 aromatic heterocycles.